The molecule has 0 aromatic carbocycles. The highest BCUT2D eigenvalue weighted by Gasteiger charge is 2.32. The first-order valence-electron chi connectivity index (χ1n) is 6.25. The molecule has 0 spiro atoms. The molecule has 5 nitrogen and oxygen atoms in total. The predicted octanol–water partition coefficient (Wildman–Crippen LogP) is 0.871. The number of ether oxygens (including phenoxy) is 2. The van der Waals surface area contributed by atoms with Crippen molar-refractivity contribution in [1.82, 2.24) is 5.32 Å². The van der Waals surface area contributed by atoms with Gasteiger partial charge in [0.2, 0.25) is 0 Å². The normalized spacial score (nSPS) is 19.4. The van der Waals surface area contributed by atoms with Crippen molar-refractivity contribution in [1.29, 1.82) is 0 Å². The van der Waals surface area contributed by atoms with E-state index in [2.05, 4.69) is 5.32 Å². The molecule has 0 amide bonds. The number of esters is 2. The third kappa shape index (κ3) is 4.34. The van der Waals surface area contributed by atoms with Crippen molar-refractivity contribution in [3.8, 4) is 0 Å². The van der Waals surface area contributed by atoms with Gasteiger partial charge < -0.3 is 14.8 Å². The highest BCUT2D eigenvalue weighted by molar-refractivity contribution is 5.94. The van der Waals surface area contributed by atoms with Crippen LogP contribution < -0.4 is 5.32 Å². The van der Waals surface area contributed by atoms with Crippen LogP contribution in [0.15, 0.2) is 0 Å². The lowest BCUT2D eigenvalue weighted by molar-refractivity contribution is -0.162. The van der Waals surface area contributed by atoms with Gasteiger partial charge >= 0.3 is 11.9 Å². The predicted molar refractivity (Wildman–Crippen MR) is 62.4 cm³/mol. The van der Waals surface area contributed by atoms with Crippen LogP contribution in [0.3, 0.4) is 0 Å². The minimum absolute atomic E-state index is 0.216. The summed E-state index contributed by atoms with van der Waals surface area (Å²) in [6, 6.07) is 0.216. The van der Waals surface area contributed by atoms with E-state index in [-0.39, 0.29) is 19.3 Å². The van der Waals surface area contributed by atoms with Gasteiger partial charge in [0.25, 0.3) is 0 Å². The number of hydrogen-bond acceptors (Lipinski definition) is 5. The molecule has 5 heteroatoms. The van der Waals surface area contributed by atoms with Crippen molar-refractivity contribution >= 4 is 11.9 Å². The zero-order valence-corrected chi connectivity index (χ0v) is 10.5. The van der Waals surface area contributed by atoms with E-state index in [0.29, 0.717) is 6.42 Å². The molecule has 0 aliphatic carbocycles. The van der Waals surface area contributed by atoms with Crippen LogP contribution in [0, 0.1) is 5.92 Å². The second-order valence-electron chi connectivity index (χ2n) is 4.09. The second kappa shape index (κ2) is 7.27. The highest BCUT2D eigenvalue weighted by atomic mass is 16.6. The highest BCUT2D eigenvalue weighted by Crippen LogP contribution is 2.17. The molecule has 1 rings (SSSR count). The minimum atomic E-state index is -0.787. The maximum Gasteiger partial charge on any atom is 0.320 e. The molecule has 1 fully saturated rings. The van der Waals surface area contributed by atoms with E-state index in [1.54, 1.807) is 13.8 Å². The molecule has 0 saturated carbocycles. The van der Waals surface area contributed by atoms with Gasteiger partial charge in [-0.3, -0.25) is 9.59 Å². The van der Waals surface area contributed by atoms with E-state index < -0.39 is 17.9 Å². The van der Waals surface area contributed by atoms with Crippen LogP contribution >= 0.6 is 0 Å². The monoisotopic (exact) mass is 243 g/mol. The van der Waals surface area contributed by atoms with E-state index >= 15 is 0 Å². The SMILES string of the molecule is CCOC(=O)C(CC1CCCN1)C(=O)OCC. The smallest absolute Gasteiger partial charge is 0.320 e. The number of nitrogens with one attached hydrogen (secondary N) is 1. The van der Waals surface area contributed by atoms with Gasteiger partial charge in [-0.05, 0) is 39.7 Å². The summed E-state index contributed by atoms with van der Waals surface area (Å²) in [5, 5.41) is 3.27. The molecule has 0 aromatic heterocycles. The Kier molecular flexibility index (Phi) is 5.97. The molecule has 0 bridgehead atoms. The molecule has 98 valence electrons. The molecule has 1 atom stereocenters. The molecule has 1 aliphatic rings. The average molecular weight is 243 g/mol. The van der Waals surface area contributed by atoms with Crippen molar-refractivity contribution in [2.24, 2.45) is 5.92 Å². The van der Waals surface area contributed by atoms with Gasteiger partial charge in [-0.2, -0.15) is 0 Å². The lowest BCUT2D eigenvalue weighted by Gasteiger charge is -2.17. The molecule has 1 aliphatic heterocycles. The summed E-state index contributed by atoms with van der Waals surface area (Å²) in [6.45, 7) is 4.98. The summed E-state index contributed by atoms with van der Waals surface area (Å²) in [4.78, 5) is 23.4. The van der Waals surface area contributed by atoms with E-state index in [4.69, 9.17) is 9.47 Å². The number of hydrogen-bond donors (Lipinski definition) is 1. The Morgan fingerprint density at radius 2 is 1.82 bits per heavy atom. The van der Waals surface area contributed by atoms with Gasteiger partial charge in [-0.15, -0.1) is 0 Å². The summed E-state index contributed by atoms with van der Waals surface area (Å²) in [5.41, 5.74) is 0. The van der Waals surface area contributed by atoms with E-state index in [0.717, 1.165) is 19.4 Å². The molecule has 0 aromatic rings. The van der Waals surface area contributed by atoms with Crippen LogP contribution in [0.4, 0.5) is 0 Å². The van der Waals surface area contributed by atoms with Gasteiger partial charge in [-0.25, -0.2) is 0 Å². The standard InChI is InChI=1S/C12H21NO4/c1-3-16-11(14)10(12(15)17-4-2)8-9-6-5-7-13-9/h9-10,13H,3-8H2,1-2H3. The Bertz CT molecular complexity index is 243. The molecule has 1 saturated heterocycles. The Balaban J connectivity index is 2.56. The van der Waals surface area contributed by atoms with Gasteiger partial charge in [-0.1, -0.05) is 0 Å². The minimum Gasteiger partial charge on any atom is -0.465 e. The fraction of sp³-hybridized carbons (Fsp3) is 0.833. The third-order valence-corrected chi connectivity index (χ3v) is 2.82. The average Bonchev–Trinajstić information content (AvgIpc) is 2.79. The van der Waals surface area contributed by atoms with Crippen molar-refractivity contribution in [2.75, 3.05) is 19.8 Å². The quantitative estimate of drug-likeness (QED) is 0.554. The van der Waals surface area contributed by atoms with Gasteiger partial charge in [0.15, 0.2) is 5.92 Å². The van der Waals surface area contributed by atoms with Crippen LogP contribution in [0.1, 0.15) is 33.1 Å². The summed E-state index contributed by atoms with van der Waals surface area (Å²) >= 11 is 0. The van der Waals surface area contributed by atoms with Gasteiger partial charge in [0.05, 0.1) is 13.2 Å². The maximum absolute atomic E-state index is 11.7. The molecular formula is C12H21NO4. The van der Waals surface area contributed by atoms with Crippen molar-refractivity contribution in [3.05, 3.63) is 0 Å². The van der Waals surface area contributed by atoms with Crippen LogP contribution in [0.5, 0.6) is 0 Å². The lowest BCUT2D eigenvalue weighted by Crippen LogP contribution is -2.34. The molecule has 1 heterocycles. The Morgan fingerprint density at radius 1 is 1.24 bits per heavy atom. The van der Waals surface area contributed by atoms with Gasteiger partial charge in [0, 0.05) is 6.04 Å². The summed E-state index contributed by atoms with van der Waals surface area (Å²) in [5.74, 6) is -1.73. The van der Waals surface area contributed by atoms with E-state index in [9.17, 15) is 9.59 Å². The molecule has 17 heavy (non-hydrogen) atoms. The van der Waals surface area contributed by atoms with Crippen LogP contribution in [0.25, 0.3) is 0 Å². The first-order valence-corrected chi connectivity index (χ1v) is 6.25. The summed E-state index contributed by atoms with van der Waals surface area (Å²) in [6.07, 6.45) is 2.55. The molecular weight excluding hydrogens is 222 g/mol. The third-order valence-electron chi connectivity index (χ3n) is 2.82. The zero-order chi connectivity index (χ0) is 12.7. The Hall–Kier alpha value is -1.10. The number of carbonyl (C=O) groups is 2. The Labute approximate surface area is 102 Å². The molecule has 1 N–H and O–H groups in total. The largest absolute Gasteiger partial charge is 0.465 e. The number of carbonyl (C=O) groups excluding carboxylic acids is 2. The van der Waals surface area contributed by atoms with Crippen molar-refractivity contribution in [2.45, 2.75) is 39.2 Å². The number of rotatable bonds is 6. The fourth-order valence-electron chi connectivity index (χ4n) is 2.02. The summed E-state index contributed by atoms with van der Waals surface area (Å²) in [7, 11) is 0. The first kappa shape index (κ1) is 14.0. The fourth-order valence-corrected chi connectivity index (χ4v) is 2.02. The van der Waals surface area contributed by atoms with E-state index in [1.807, 2.05) is 0 Å². The van der Waals surface area contributed by atoms with Crippen LogP contribution in [0.2, 0.25) is 0 Å². The lowest BCUT2D eigenvalue weighted by atomic mass is 9.99. The van der Waals surface area contributed by atoms with Crippen LogP contribution in [-0.4, -0.2) is 37.7 Å². The van der Waals surface area contributed by atoms with Crippen LogP contribution in [-0.2, 0) is 19.1 Å². The van der Waals surface area contributed by atoms with E-state index in [1.165, 1.54) is 0 Å². The molecule has 1 unspecified atom stereocenters. The zero-order valence-electron chi connectivity index (χ0n) is 10.5. The van der Waals surface area contributed by atoms with Crippen molar-refractivity contribution < 1.29 is 19.1 Å². The second-order valence-corrected chi connectivity index (χ2v) is 4.09. The first-order chi connectivity index (χ1) is 8.19. The summed E-state index contributed by atoms with van der Waals surface area (Å²) < 4.78 is 9.83. The van der Waals surface area contributed by atoms with Gasteiger partial charge in [0.1, 0.15) is 0 Å². The van der Waals surface area contributed by atoms with Crippen molar-refractivity contribution in [3.63, 3.8) is 0 Å². The maximum atomic E-state index is 11.7. The Morgan fingerprint density at radius 3 is 2.24 bits per heavy atom. The topological polar surface area (TPSA) is 64.6 Å². The molecule has 0 radical (unpaired) electrons.